The van der Waals surface area contributed by atoms with E-state index in [0.717, 1.165) is 0 Å². The summed E-state index contributed by atoms with van der Waals surface area (Å²) in [5, 5.41) is 60.2. The molecule has 1 aromatic carbocycles. The monoisotopic (exact) mass is 478 g/mol. The minimum atomic E-state index is -1.88. The largest absolute Gasteiger partial charge is 0.493 e. The summed E-state index contributed by atoms with van der Waals surface area (Å²) < 4.78 is 37.5. The summed E-state index contributed by atoms with van der Waals surface area (Å²) >= 11 is 0. The van der Waals surface area contributed by atoms with Crippen LogP contribution in [0, 0.1) is 0 Å². The molecule has 0 bridgehead atoms. The molecule has 3 rings (SSSR count). The van der Waals surface area contributed by atoms with E-state index in [1.54, 1.807) is 0 Å². The summed E-state index contributed by atoms with van der Waals surface area (Å²) in [6, 6.07) is 2.91. The third-order valence-electron chi connectivity index (χ3n) is 5.56. The summed E-state index contributed by atoms with van der Waals surface area (Å²) in [5.74, 6) is 1.03. The molecule has 2 aliphatic heterocycles. The van der Waals surface area contributed by atoms with Crippen LogP contribution >= 0.6 is 0 Å². The molecule has 6 N–H and O–H groups in total. The number of hydrogen-bond donors (Lipinski definition) is 6. The maximum Gasteiger partial charge on any atom is 0.229 e. The van der Waals surface area contributed by atoms with Gasteiger partial charge in [-0.1, -0.05) is 0 Å². The number of hydrogen-bond acceptors (Lipinski definition) is 13. The molecule has 188 valence electrons. The fourth-order valence-electron chi connectivity index (χ4n) is 3.54. The van der Waals surface area contributed by atoms with Crippen molar-refractivity contribution < 1.29 is 63.8 Å². The SMILES string of the molecule is COc1cc(O[C@H]2O[C@@H](CO[C@H]3OC[C@@](O)(CO)[C@@H]3O)[C@H](O)[C@@H](O)[C@@H]2O)cc(OC)c1OC. The van der Waals surface area contributed by atoms with Crippen LogP contribution in [0.3, 0.4) is 0 Å². The van der Waals surface area contributed by atoms with Gasteiger partial charge < -0.3 is 63.8 Å². The van der Waals surface area contributed by atoms with E-state index in [1.165, 1.54) is 33.5 Å². The summed E-state index contributed by atoms with van der Waals surface area (Å²) in [5.41, 5.74) is -1.88. The first-order chi connectivity index (χ1) is 15.7. The Bertz CT molecular complexity index is 766. The number of aliphatic hydroxyl groups excluding tert-OH is 5. The second kappa shape index (κ2) is 10.5. The second-order valence-corrected chi connectivity index (χ2v) is 7.71. The van der Waals surface area contributed by atoms with Crippen molar-refractivity contribution in [1.82, 2.24) is 0 Å². The van der Waals surface area contributed by atoms with Crippen LogP contribution in [0.25, 0.3) is 0 Å². The van der Waals surface area contributed by atoms with Gasteiger partial charge in [-0.25, -0.2) is 0 Å². The lowest BCUT2D eigenvalue weighted by Crippen LogP contribution is -2.60. The fraction of sp³-hybridized carbons (Fsp3) is 0.700. The van der Waals surface area contributed by atoms with Gasteiger partial charge in [0.1, 0.15) is 41.9 Å². The quantitative estimate of drug-likeness (QED) is 0.216. The van der Waals surface area contributed by atoms with Gasteiger partial charge in [0.15, 0.2) is 17.8 Å². The Morgan fingerprint density at radius 2 is 1.58 bits per heavy atom. The molecule has 2 heterocycles. The van der Waals surface area contributed by atoms with E-state index in [2.05, 4.69) is 0 Å². The van der Waals surface area contributed by atoms with Crippen LogP contribution < -0.4 is 18.9 Å². The van der Waals surface area contributed by atoms with Crippen LogP contribution in [-0.4, -0.2) is 120 Å². The molecule has 2 saturated heterocycles. The van der Waals surface area contributed by atoms with Crippen molar-refractivity contribution >= 4 is 0 Å². The predicted molar refractivity (Wildman–Crippen MR) is 107 cm³/mol. The highest BCUT2D eigenvalue weighted by molar-refractivity contribution is 5.55. The maximum atomic E-state index is 10.3. The molecule has 2 fully saturated rings. The van der Waals surface area contributed by atoms with Gasteiger partial charge in [-0.2, -0.15) is 0 Å². The van der Waals surface area contributed by atoms with E-state index in [4.69, 9.17) is 33.2 Å². The van der Waals surface area contributed by atoms with E-state index in [0.29, 0.717) is 5.75 Å². The van der Waals surface area contributed by atoms with E-state index in [-0.39, 0.29) is 23.9 Å². The molecule has 8 atom stereocenters. The molecule has 1 aromatic rings. The lowest BCUT2D eigenvalue weighted by Gasteiger charge is -2.40. The van der Waals surface area contributed by atoms with Gasteiger partial charge in [-0.05, 0) is 0 Å². The van der Waals surface area contributed by atoms with Gasteiger partial charge in [-0.15, -0.1) is 0 Å². The van der Waals surface area contributed by atoms with Gasteiger partial charge in [0.2, 0.25) is 12.0 Å². The zero-order valence-corrected chi connectivity index (χ0v) is 18.4. The summed E-state index contributed by atoms with van der Waals surface area (Å²) in [4.78, 5) is 0. The zero-order valence-electron chi connectivity index (χ0n) is 18.4. The van der Waals surface area contributed by atoms with Crippen molar-refractivity contribution in [2.24, 2.45) is 0 Å². The highest BCUT2D eigenvalue weighted by atomic mass is 16.7. The van der Waals surface area contributed by atoms with E-state index < -0.39 is 61.9 Å². The van der Waals surface area contributed by atoms with Crippen LogP contribution in [0.15, 0.2) is 12.1 Å². The van der Waals surface area contributed by atoms with Crippen molar-refractivity contribution in [1.29, 1.82) is 0 Å². The maximum absolute atomic E-state index is 10.3. The Morgan fingerprint density at radius 3 is 2.09 bits per heavy atom. The van der Waals surface area contributed by atoms with Gasteiger partial charge in [0.25, 0.3) is 0 Å². The van der Waals surface area contributed by atoms with E-state index in [1.807, 2.05) is 0 Å². The Hall–Kier alpha value is -1.94. The number of ether oxygens (including phenoxy) is 7. The number of methoxy groups -OCH3 is 3. The lowest BCUT2D eigenvalue weighted by atomic mass is 9.99. The van der Waals surface area contributed by atoms with E-state index >= 15 is 0 Å². The molecule has 0 amide bonds. The molecule has 0 saturated carbocycles. The minimum Gasteiger partial charge on any atom is -0.493 e. The molecule has 2 aliphatic rings. The molecule has 0 aromatic heterocycles. The first kappa shape index (κ1) is 25.7. The van der Waals surface area contributed by atoms with Crippen molar-refractivity contribution in [3.05, 3.63) is 12.1 Å². The molecular weight excluding hydrogens is 448 g/mol. The molecule has 13 nitrogen and oxygen atoms in total. The normalized spacial score (nSPS) is 36.5. The molecule has 0 unspecified atom stereocenters. The average Bonchev–Trinajstić information content (AvgIpc) is 3.11. The predicted octanol–water partition coefficient (Wildman–Crippen LogP) is -2.64. The zero-order chi connectivity index (χ0) is 24.3. The topological polar surface area (TPSA) is 186 Å². The summed E-state index contributed by atoms with van der Waals surface area (Å²) in [6.45, 7) is -1.51. The van der Waals surface area contributed by atoms with Gasteiger partial charge in [-0.3, -0.25) is 0 Å². The number of benzene rings is 1. The van der Waals surface area contributed by atoms with Crippen molar-refractivity contribution in [2.75, 3.05) is 41.2 Å². The summed E-state index contributed by atoms with van der Waals surface area (Å²) in [6.07, 6.45) is -10.3. The first-order valence-electron chi connectivity index (χ1n) is 10.1. The van der Waals surface area contributed by atoms with Crippen molar-refractivity contribution in [3.8, 4) is 23.0 Å². The van der Waals surface area contributed by atoms with Gasteiger partial charge in [0.05, 0.1) is 41.2 Å². The highest BCUT2D eigenvalue weighted by Crippen LogP contribution is 2.41. The standard InChI is InChI=1S/C20H30O13/c1-27-10-4-9(5-11(28-2)16(10)29-3)32-18-15(24)14(23)13(22)12(33-18)6-30-19-17(25)20(26,7-21)8-31-19/h4-5,12-15,17-19,21-26H,6-8H2,1-3H3/t12-,13-,14+,15-,17+,18-,19-,20-/m0/s1. The molecule has 13 heteroatoms. The van der Waals surface area contributed by atoms with Crippen LogP contribution in [0.2, 0.25) is 0 Å². The van der Waals surface area contributed by atoms with Crippen LogP contribution in [-0.2, 0) is 14.2 Å². The highest BCUT2D eigenvalue weighted by Gasteiger charge is 2.50. The Kier molecular flexibility index (Phi) is 8.21. The smallest absolute Gasteiger partial charge is 0.229 e. The third-order valence-corrected chi connectivity index (χ3v) is 5.56. The van der Waals surface area contributed by atoms with Crippen LogP contribution in [0.5, 0.6) is 23.0 Å². The van der Waals surface area contributed by atoms with E-state index in [9.17, 15) is 30.6 Å². The van der Waals surface area contributed by atoms with Crippen molar-refractivity contribution in [3.63, 3.8) is 0 Å². The molecule has 0 aliphatic carbocycles. The molecule has 0 spiro atoms. The number of rotatable bonds is 9. The number of aliphatic hydroxyl groups is 6. The van der Waals surface area contributed by atoms with Crippen LogP contribution in [0.1, 0.15) is 0 Å². The lowest BCUT2D eigenvalue weighted by molar-refractivity contribution is -0.289. The average molecular weight is 478 g/mol. The van der Waals surface area contributed by atoms with Crippen molar-refractivity contribution in [2.45, 2.75) is 48.7 Å². The Balaban J connectivity index is 1.71. The van der Waals surface area contributed by atoms with Crippen LogP contribution in [0.4, 0.5) is 0 Å². The minimum absolute atomic E-state index is 0.152. The molecule has 33 heavy (non-hydrogen) atoms. The Morgan fingerprint density at radius 1 is 0.939 bits per heavy atom. The molecule has 0 radical (unpaired) electrons. The van der Waals surface area contributed by atoms with Gasteiger partial charge >= 0.3 is 0 Å². The van der Waals surface area contributed by atoms with Gasteiger partial charge in [0, 0.05) is 12.1 Å². The Labute approximate surface area is 189 Å². The molecular formula is C20H30O13. The fourth-order valence-corrected chi connectivity index (χ4v) is 3.54. The third kappa shape index (κ3) is 5.11. The summed E-state index contributed by atoms with van der Waals surface area (Å²) in [7, 11) is 4.26. The first-order valence-corrected chi connectivity index (χ1v) is 10.1. The second-order valence-electron chi connectivity index (χ2n) is 7.71.